The number of aliphatic hydroxyl groups excluding tert-OH is 1. The Kier molecular flexibility index (Phi) is 5.83. The lowest BCUT2D eigenvalue weighted by Crippen LogP contribution is -2.23. The molecule has 0 spiro atoms. The summed E-state index contributed by atoms with van der Waals surface area (Å²) in [4.78, 5) is 0. The number of nitrogens with one attached hydrogen (secondary N) is 1. The number of rotatable bonds is 6. The molecule has 5 heteroatoms. The summed E-state index contributed by atoms with van der Waals surface area (Å²) in [5.74, 6) is 0.838. The van der Waals surface area contributed by atoms with Gasteiger partial charge in [-0.05, 0) is 49.9 Å². The van der Waals surface area contributed by atoms with Gasteiger partial charge in [-0.2, -0.15) is 5.10 Å². The van der Waals surface area contributed by atoms with Crippen molar-refractivity contribution in [3.05, 3.63) is 24.3 Å². The predicted octanol–water partition coefficient (Wildman–Crippen LogP) is 2.41. The minimum Gasteiger partial charge on any atom is -0.497 e. The summed E-state index contributed by atoms with van der Waals surface area (Å²) in [6.07, 6.45) is 4.10. The van der Waals surface area contributed by atoms with Crippen molar-refractivity contribution in [1.29, 1.82) is 0 Å². The first-order valence-corrected chi connectivity index (χ1v) is 7.00. The molecule has 0 heterocycles. The average molecular weight is 278 g/mol. The monoisotopic (exact) mass is 278 g/mol. The van der Waals surface area contributed by atoms with Crippen LogP contribution in [0.4, 0.5) is 5.69 Å². The Morgan fingerprint density at radius 2 is 1.95 bits per heavy atom. The molecule has 20 heavy (non-hydrogen) atoms. The minimum atomic E-state index is 0.0937. The molecule has 2 N–H and O–H groups in total. The van der Waals surface area contributed by atoms with E-state index in [-0.39, 0.29) is 12.7 Å². The molecule has 1 aromatic rings. The molecule has 1 saturated carbocycles. The Labute approximate surface area is 119 Å². The van der Waals surface area contributed by atoms with Gasteiger partial charge in [0, 0.05) is 5.71 Å². The number of nitrogens with zero attached hydrogens (tertiary/aromatic N) is 1. The first kappa shape index (κ1) is 14.8. The highest BCUT2D eigenvalue weighted by Crippen LogP contribution is 2.20. The Morgan fingerprint density at radius 3 is 2.55 bits per heavy atom. The molecule has 0 bridgehead atoms. The Morgan fingerprint density at radius 1 is 1.25 bits per heavy atom. The molecule has 1 fully saturated rings. The van der Waals surface area contributed by atoms with Crippen LogP contribution in [0.3, 0.4) is 0 Å². The standard InChI is InChI=1S/C15H22N2O3/c1-19-14-6-2-12(3-7-14)16-17-13-4-8-15(9-5-13)20-11-10-18/h2-3,6-7,15-16,18H,4-5,8-11H2,1H3. The van der Waals surface area contributed by atoms with Gasteiger partial charge in [0.15, 0.2) is 0 Å². The lowest BCUT2D eigenvalue weighted by atomic mass is 9.96. The third-order valence-electron chi connectivity index (χ3n) is 3.39. The van der Waals surface area contributed by atoms with Crippen molar-refractivity contribution in [1.82, 2.24) is 0 Å². The smallest absolute Gasteiger partial charge is 0.119 e. The van der Waals surface area contributed by atoms with Crippen molar-refractivity contribution in [3.63, 3.8) is 0 Å². The van der Waals surface area contributed by atoms with Crippen molar-refractivity contribution in [2.24, 2.45) is 5.10 Å². The van der Waals surface area contributed by atoms with Gasteiger partial charge in [0.1, 0.15) is 5.75 Å². The Bertz CT molecular complexity index is 421. The highest BCUT2D eigenvalue weighted by atomic mass is 16.5. The van der Waals surface area contributed by atoms with Crippen LogP contribution in [0.15, 0.2) is 29.4 Å². The van der Waals surface area contributed by atoms with E-state index in [9.17, 15) is 0 Å². The summed E-state index contributed by atoms with van der Waals surface area (Å²) in [5, 5.41) is 13.2. The molecule has 0 unspecified atom stereocenters. The van der Waals surface area contributed by atoms with Crippen LogP contribution >= 0.6 is 0 Å². The second kappa shape index (κ2) is 7.87. The summed E-state index contributed by atoms with van der Waals surface area (Å²) >= 11 is 0. The van der Waals surface area contributed by atoms with Gasteiger partial charge in [-0.15, -0.1) is 0 Å². The lowest BCUT2D eigenvalue weighted by molar-refractivity contribution is 0.0184. The SMILES string of the molecule is COc1ccc(NN=C2CCC(OCCO)CC2)cc1. The van der Waals surface area contributed by atoms with Crippen molar-refractivity contribution in [2.45, 2.75) is 31.8 Å². The molecule has 0 atom stereocenters. The third kappa shape index (κ3) is 4.51. The first-order chi connectivity index (χ1) is 9.81. The summed E-state index contributed by atoms with van der Waals surface area (Å²) in [6.45, 7) is 0.526. The van der Waals surface area contributed by atoms with Crippen molar-refractivity contribution in [2.75, 3.05) is 25.7 Å². The molecule has 110 valence electrons. The summed E-state index contributed by atoms with van der Waals surface area (Å²) in [7, 11) is 1.65. The maximum atomic E-state index is 8.73. The Hall–Kier alpha value is -1.59. The zero-order valence-corrected chi connectivity index (χ0v) is 11.8. The molecular formula is C15H22N2O3. The highest BCUT2D eigenvalue weighted by Gasteiger charge is 2.17. The van der Waals surface area contributed by atoms with Gasteiger partial charge in [-0.1, -0.05) is 0 Å². The van der Waals surface area contributed by atoms with E-state index in [1.807, 2.05) is 24.3 Å². The third-order valence-corrected chi connectivity index (χ3v) is 3.39. The minimum absolute atomic E-state index is 0.0937. The molecule has 0 amide bonds. The highest BCUT2D eigenvalue weighted by molar-refractivity contribution is 5.85. The van der Waals surface area contributed by atoms with Gasteiger partial charge in [-0.25, -0.2) is 0 Å². The van der Waals surface area contributed by atoms with Gasteiger partial charge in [-0.3, -0.25) is 5.43 Å². The van der Waals surface area contributed by atoms with Crippen LogP contribution in [-0.2, 0) is 4.74 Å². The maximum absolute atomic E-state index is 8.73. The van der Waals surface area contributed by atoms with E-state index in [1.54, 1.807) is 7.11 Å². The van der Waals surface area contributed by atoms with Crippen LogP contribution in [-0.4, -0.2) is 37.2 Å². The molecule has 1 aromatic carbocycles. The largest absolute Gasteiger partial charge is 0.497 e. The van der Waals surface area contributed by atoms with Gasteiger partial charge in [0.2, 0.25) is 0 Å². The summed E-state index contributed by atoms with van der Waals surface area (Å²) in [6, 6.07) is 7.70. The van der Waals surface area contributed by atoms with Crippen LogP contribution in [0.2, 0.25) is 0 Å². The van der Waals surface area contributed by atoms with E-state index in [4.69, 9.17) is 14.6 Å². The van der Waals surface area contributed by atoms with Crippen molar-refractivity contribution >= 4 is 11.4 Å². The normalized spacial score (nSPS) is 18.7. The fraction of sp³-hybridized carbons (Fsp3) is 0.533. The van der Waals surface area contributed by atoms with Crippen LogP contribution < -0.4 is 10.2 Å². The number of hydrogen-bond donors (Lipinski definition) is 2. The van der Waals surface area contributed by atoms with E-state index < -0.39 is 0 Å². The number of aliphatic hydroxyl groups is 1. The molecule has 0 radical (unpaired) electrons. The number of ether oxygens (including phenoxy) is 2. The number of anilines is 1. The molecule has 0 aromatic heterocycles. The predicted molar refractivity (Wildman–Crippen MR) is 79.3 cm³/mol. The van der Waals surface area contributed by atoms with Crippen molar-refractivity contribution < 1.29 is 14.6 Å². The number of benzene rings is 1. The molecule has 0 saturated heterocycles. The second-order valence-electron chi connectivity index (χ2n) is 4.81. The van der Waals surface area contributed by atoms with E-state index in [0.29, 0.717) is 6.61 Å². The van der Waals surface area contributed by atoms with Gasteiger partial charge in [0.25, 0.3) is 0 Å². The molecule has 5 nitrogen and oxygen atoms in total. The number of methoxy groups -OCH3 is 1. The van der Waals surface area contributed by atoms with Crippen LogP contribution in [0.5, 0.6) is 5.75 Å². The van der Waals surface area contributed by atoms with E-state index in [0.717, 1.165) is 37.1 Å². The van der Waals surface area contributed by atoms with Gasteiger partial charge in [0.05, 0.1) is 32.1 Å². The molecule has 0 aliphatic heterocycles. The van der Waals surface area contributed by atoms with Crippen molar-refractivity contribution in [3.8, 4) is 5.75 Å². The zero-order chi connectivity index (χ0) is 14.2. The van der Waals surface area contributed by atoms with Gasteiger partial charge >= 0.3 is 0 Å². The molecule has 2 rings (SSSR count). The van der Waals surface area contributed by atoms with Gasteiger partial charge < -0.3 is 14.6 Å². The summed E-state index contributed by atoms with van der Waals surface area (Å²) in [5.41, 5.74) is 5.20. The van der Waals surface area contributed by atoms with Crippen LogP contribution in [0.1, 0.15) is 25.7 Å². The molecular weight excluding hydrogens is 256 g/mol. The quantitative estimate of drug-likeness (QED) is 0.784. The number of hydrazone groups is 1. The van der Waals surface area contributed by atoms with E-state index >= 15 is 0 Å². The fourth-order valence-electron chi connectivity index (χ4n) is 2.23. The summed E-state index contributed by atoms with van der Waals surface area (Å²) < 4.78 is 10.6. The van der Waals surface area contributed by atoms with E-state index in [1.165, 1.54) is 5.71 Å². The first-order valence-electron chi connectivity index (χ1n) is 7.00. The molecule has 1 aliphatic carbocycles. The Balaban J connectivity index is 1.78. The second-order valence-corrected chi connectivity index (χ2v) is 4.81. The zero-order valence-electron chi connectivity index (χ0n) is 11.8. The average Bonchev–Trinajstić information content (AvgIpc) is 2.52. The lowest BCUT2D eigenvalue weighted by Gasteiger charge is -2.23. The van der Waals surface area contributed by atoms with Crippen LogP contribution in [0.25, 0.3) is 0 Å². The fourth-order valence-corrected chi connectivity index (χ4v) is 2.23. The maximum Gasteiger partial charge on any atom is 0.119 e. The van der Waals surface area contributed by atoms with E-state index in [2.05, 4.69) is 10.5 Å². The van der Waals surface area contributed by atoms with Crippen LogP contribution in [0, 0.1) is 0 Å². The topological polar surface area (TPSA) is 63.1 Å². The molecule has 1 aliphatic rings. The number of hydrogen-bond acceptors (Lipinski definition) is 5.